The fourth-order valence-corrected chi connectivity index (χ4v) is 13.2. The Balaban J connectivity index is 4.52. The molecule has 0 radical (unpaired) electrons. The van der Waals surface area contributed by atoms with E-state index in [1.54, 1.807) is 0 Å². The van der Waals surface area contributed by atoms with E-state index in [2.05, 4.69) is 179 Å². The molecule has 5 unspecified atom stereocenters. The van der Waals surface area contributed by atoms with Gasteiger partial charge in [-0.25, -0.2) is 9.13 Å². The predicted octanol–water partition coefficient (Wildman–Crippen LogP) is 26.5. The molecule has 0 aromatic rings. The number of allylic oxidation sites excluding steroid dienone is 26. The second kappa shape index (κ2) is 84.6. The fraction of sp³-hybridized carbons (Fsp3) is 0.688. The molecule has 0 spiro atoms. The summed E-state index contributed by atoms with van der Waals surface area (Å²) < 4.78 is 61.3. The van der Waals surface area contributed by atoms with Gasteiger partial charge in [-0.15, -0.1) is 0 Å². The standard InChI is InChI=1S/C93H158O16P2/c1-4-7-10-13-16-19-22-25-28-31-33-35-37-39-40-41-42-43-44-45-46-48-50-51-53-56-58-61-64-67-70-73-76-79-91(96)103-82-88(94)83-105-110(99,100)106-84-89(95)85-107-111(101,102)108-87-90(109-93(98)81-78-75-72-69-66-63-60-55-30-27-24-21-18-15-12-9-6-3)86-104-92(97)80-77-74-71-68-65-62-59-57-54-52-49-47-38-36-34-32-29-26-23-20-17-14-11-8-5-2/h7,9-10,12,16-21,25-30,33-36,39-40,47,49,60,63,88-90,94-95H,4-6,8,11,13-15,22-24,31-32,37-38,41-46,48,50-59,61-62,64-87H2,1-3H3,(H,99,100)(H,101,102)/b10-7-,12-9-,19-16-,20-17-,21-18-,28-25-,29-26-,30-27-,35-33-,36-34-,40-39-,49-47-,63-60-. The number of ether oxygens (including phenoxy) is 3. The lowest BCUT2D eigenvalue weighted by atomic mass is 10.0. The van der Waals surface area contributed by atoms with E-state index in [9.17, 15) is 43.5 Å². The molecule has 0 fully saturated rings. The molecule has 111 heavy (non-hydrogen) atoms. The zero-order chi connectivity index (χ0) is 80.8. The Morgan fingerprint density at radius 2 is 0.477 bits per heavy atom. The van der Waals surface area contributed by atoms with Crippen LogP contribution in [0.2, 0.25) is 0 Å². The molecule has 0 rings (SSSR count). The Labute approximate surface area is 676 Å². The molecule has 16 nitrogen and oxygen atoms in total. The summed E-state index contributed by atoms with van der Waals surface area (Å²) >= 11 is 0. The van der Waals surface area contributed by atoms with Gasteiger partial charge < -0.3 is 34.2 Å². The third kappa shape index (κ3) is 85.9. The van der Waals surface area contributed by atoms with Gasteiger partial charge in [0.15, 0.2) is 6.10 Å². The number of phosphoric ester groups is 2. The van der Waals surface area contributed by atoms with Crippen LogP contribution in [0.1, 0.15) is 355 Å². The summed E-state index contributed by atoms with van der Waals surface area (Å²) in [5.41, 5.74) is 0. The first-order chi connectivity index (χ1) is 54.2. The Morgan fingerprint density at radius 1 is 0.261 bits per heavy atom. The topological polar surface area (TPSA) is 231 Å². The molecule has 5 atom stereocenters. The highest BCUT2D eigenvalue weighted by Crippen LogP contribution is 2.45. The van der Waals surface area contributed by atoms with Crippen molar-refractivity contribution in [3.05, 3.63) is 158 Å². The lowest BCUT2D eigenvalue weighted by Crippen LogP contribution is -2.30. The van der Waals surface area contributed by atoms with Crippen LogP contribution in [-0.4, -0.2) is 95.9 Å². The number of rotatable bonds is 82. The number of carbonyl (C=O) groups is 3. The van der Waals surface area contributed by atoms with Gasteiger partial charge >= 0.3 is 33.6 Å². The number of aliphatic hydroxyl groups excluding tert-OH is 2. The molecule has 0 heterocycles. The highest BCUT2D eigenvalue weighted by molar-refractivity contribution is 7.47. The third-order valence-electron chi connectivity index (χ3n) is 18.2. The average molecular weight is 1590 g/mol. The molecular formula is C93H158O16P2. The van der Waals surface area contributed by atoms with Crippen molar-refractivity contribution in [3.8, 4) is 0 Å². The van der Waals surface area contributed by atoms with Crippen LogP contribution >= 0.6 is 15.6 Å². The number of phosphoric acid groups is 2. The van der Waals surface area contributed by atoms with Crippen molar-refractivity contribution in [2.24, 2.45) is 0 Å². The molecule has 0 aliphatic rings. The molecule has 0 saturated carbocycles. The molecule has 0 aliphatic carbocycles. The molecule has 0 bridgehead atoms. The number of hydrogen-bond acceptors (Lipinski definition) is 14. The van der Waals surface area contributed by atoms with Crippen LogP contribution in [0.15, 0.2) is 158 Å². The molecule has 0 aromatic heterocycles. The lowest BCUT2D eigenvalue weighted by molar-refractivity contribution is -0.161. The maximum absolute atomic E-state index is 13.0. The normalized spacial score (nSPS) is 14.6. The summed E-state index contributed by atoms with van der Waals surface area (Å²) in [5.74, 6) is -1.61. The van der Waals surface area contributed by atoms with Crippen LogP contribution in [0.25, 0.3) is 0 Å². The summed E-state index contributed by atoms with van der Waals surface area (Å²) in [5, 5.41) is 20.7. The molecule has 0 aliphatic heterocycles. The Morgan fingerprint density at radius 3 is 0.757 bits per heavy atom. The Kier molecular flexibility index (Phi) is 80.9. The summed E-state index contributed by atoms with van der Waals surface area (Å²) in [6, 6.07) is 0. The van der Waals surface area contributed by atoms with Gasteiger partial charge in [-0.05, 0) is 148 Å². The van der Waals surface area contributed by atoms with Gasteiger partial charge in [-0.3, -0.25) is 32.5 Å². The van der Waals surface area contributed by atoms with Gasteiger partial charge in [0.1, 0.15) is 25.4 Å². The number of hydrogen-bond donors (Lipinski definition) is 4. The van der Waals surface area contributed by atoms with Gasteiger partial charge in [-0.2, -0.15) is 0 Å². The van der Waals surface area contributed by atoms with Gasteiger partial charge in [0.2, 0.25) is 0 Å². The molecule has 0 amide bonds. The van der Waals surface area contributed by atoms with Crippen molar-refractivity contribution in [3.63, 3.8) is 0 Å². The Hall–Kier alpha value is -4.83. The maximum atomic E-state index is 13.0. The number of esters is 3. The highest BCUT2D eigenvalue weighted by Gasteiger charge is 2.29. The van der Waals surface area contributed by atoms with E-state index >= 15 is 0 Å². The van der Waals surface area contributed by atoms with Crippen molar-refractivity contribution in [1.29, 1.82) is 0 Å². The van der Waals surface area contributed by atoms with Crippen molar-refractivity contribution in [2.75, 3.05) is 39.6 Å². The predicted molar refractivity (Wildman–Crippen MR) is 463 cm³/mol. The molecule has 636 valence electrons. The SMILES string of the molecule is CC/C=C\C/C=C\C/C=C\C/C=C\C/C=C\CCCCCCCCCCCCCCCCCCCC(=O)OCC(O)COP(=O)(O)OCC(O)COP(=O)(O)OCC(COC(=O)CCCCCCCCCCC/C=C\C/C=C\C/C=C\C/C=C\CCCCC)OC(=O)CCCCCC/C=C\C/C=C\C/C=C\C/C=C\CC. The van der Waals surface area contributed by atoms with Crippen LogP contribution in [-0.2, 0) is 55.8 Å². The maximum Gasteiger partial charge on any atom is 0.472 e. The van der Waals surface area contributed by atoms with E-state index < -0.39 is 91.5 Å². The van der Waals surface area contributed by atoms with Crippen LogP contribution in [0.4, 0.5) is 0 Å². The minimum absolute atomic E-state index is 0.0716. The molecule has 0 saturated heterocycles. The number of unbranched alkanes of at least 4 members (excludes halogenated alkanes) is 33. The van der Waals surface area contributed by atoms with Gasteiger partial charge in [0.05, 0.1) is 26.4 Å². The fourth-order valence-electron chi connectivity index (χ4n) is 11.6. The smallest absolute Gasteiger partial charge is 0.463 e. The van der Waals surface area contributed by atoms with Crippen LogP contribution in [0, 0.1) is 0 Å². The van der Waals surface area contributed by atoms with Crippen molar-refractivity contribution >= 4 is 33.6 Å². The van der Waals surface area contributed by atoms with Gasteiger partial charge in [0.25, 0.3) is 0 Å². The lowest BCUT2D eigenvalue weighted by Gasteiger charge is -2.21. The number of aliphatic hydroxyl groups is 2. The van der Waals surface area contributed by atoms with E-state index in [0.717, 1.165) is 154 Å². The highest BCUT2D eigenvalue weighted by atomic mass is 31.2. The van der Waals surface area contributed by atoms with E-state index in [1.165, 1.54) is 141 Å². The quantitative estimate of drug-likeness (QED) is 0.0146. The van der Waals surface area contributed by atoms with Crippen molar-refractivity contribution in [1.82, 2.24) is 0 Å². The zero-order valence-electron chi connectivity index (χ0n) is 69.8. The summed E-state index contributed by atoms with van der Waals surface area (Å²) in [4.78, 5) is 58.8. The largest absolute Gasteiger partial charge is 0.472 e. The summed E-state index contributed by atoms with van der Waals surface area (Å²) in [6.07, 6.45) is 107. The second-order valence-corrected chi connectivity index (χ2v) is 31.8. The minimum atomic E-state index is -4.95. The van der Waals surface area contributed by atoms with Crippen LogP contribution in [0.3, 0.4) is 0 Å². The van der Waals surface area contributed by atoms with Gasteiger partial charge in [0, 0.05) is 19.3 Å². The van der Waals surface area contributed by atoms with E-state index in [0.29, 0.717) is 19.3 Å². The second-order valence-electron chi connectivity index (χ2n) is 28.9. The van der Waals surface area contributed by atoms with E-state index in [-0.39, 0.29) is 19.3 Å². The molecular weight excluding hydrogens is 1430 g/mol. The summed E-state index contributed by atoms with van der Waals surface area (Å²) in [6.45, 7) is 2.42. The first-order valence-corrected chi connectivity index (χ1v) is 46.8. The van der Waals surface area contributed by atoms with Gasteiger partial charge in [-0.1, -0.05) is 346 Å². The van der Waals surface area contributed by atoms with Crippen molar-refractivity contribution < 1.29 is 75.8 Å². The molecule has 0 aromatic carbocycles. The number of carbonyl (C=O) groups excluding carboxylic acids is 3. The monoisotopic (exact) mass is 1590 g/mol. The third-order valence-corrected chi connectivity index (χ3v) is 20.1. The van der Waals surface area contributed by atoms with Crippen LogP contribution < -0.4 is 0 Å². The minimum Gasteiger partial charge on any atom is -0.463 e. The zero-order valence-corrected chi connectivity index (χ0v) is 71.6. The molecule has 18 heteroatoms. The first kappa shape index (κ1) is 106. The average Bonchev–Trinajstić information content (AvgIpc) is 0.901. The summed E-state index contributed by atoms with van der Waals surface area (Å²) in [7, 11) is -9.81. The Bertz CT molecular complexity index is 2650. The van der Waals surface area contributed by atoms with Crippen molar-refractivity contribution in [2.45, 2.75) is 373 Å². The molecule has 4 N–H and O–H groups in total. The van der Waals surface area contributed by atoms with Crippen LogP contribution in [0.5, 0.6) is 0 Å². The first-order valence-electron chi connectivity index (χ1n) is 43.8. The van der Waals surface area contributed by atoms with E-state index in [4.69, 9.17) is 32.3 Å². The van der Waals surface area contributed by atoms with E-state index in [1.807, 2.05) is 0 Å².